The van der Waals surface area contributed by atoms with E-state index in [1.54, 1.807) is 0 Å². The highest BCUT2D eigenvalue weighted by Gasteiger charge is 2.22. The van der Waals surface area contributed by atoms with Gasteiger partial charge >= 0.3 is 0 Å². The molecule has 0 saturated carbocycles. The monoisotopic (exact) mass is 288 g/mol. The van der Waals surface area contributed by atoms with E-state index >= 15 is 0 Å². The second-order valence-corrected chi connectivity index (χ2v) is 7.26. The van der Waals surface area contributed by atoms with Gasteiger partial charge in [-0.15, -0.1) is 10.2 Å². The van der Waals surface area contributed by atoms with Gasteiger partial charge in [-0.25, -0.2) is 0 Å². The van der Waals surface area contributed by atoms with E-state index in [0.29, 0.717) is 10.9 Å². The standard InChI is InChI=1S/C11H20N4OS2/c1-5-17-6-7-18-10-14-13-8(11(2,3)4)9(16)15(10)12/h5-7,12H2,1-4H3. The van der Waals surface area contributed by atoms with E-state index in [4.69, 9.17) is 5.84 Å². The fraction of sp³-hybridized carbons (Fsp3) is 0.727. The summed E-state index contributed by atoms with van der Waals surface area (Å²) in [6.45, 7) is 7.88. The third kappa shape index (κ3) is 3.91. The molecule has 5 nitrogen and oxygen atoms in total. The van der Waals surface area contributed by atoms with Crippen LogP contribution in [-0.4, -0.2) is 32.1 Å². The van der Waals surface area contributed by atoms with Crippen LogP contribution in [0.5, 0.6) is 0 Å². The first-order valence-corrected chi connectivity index (χ1v) is 7.97. The minimum atomic E-state index is -0.341. The fourth-order valence-electron chi connectivity index (χ4n) is 1.29. The highest BCUT2D eigenvalue weighted by Crippen LogP contribution is 2.18. The summed E-state index contributed by atoms with van der Waals surface area (Å²) in [5.41, 5.74) is -0.202. The lowest BCUT2D eigenvalue weighted by atomic mass is 9.93. The van der Waals surface area contributed by atoms with Crippen molar-refractivity contribution in [2.45, 2.75) is 38.3 Å². The van der Waals surface area contributed by atoms with Gasteiger partial charge in [-0.2, -0.15) is 16.4 Å². The molecule has 7 heteroatoms. The molecule has 18 heavy (non-hydrogen) atoms. The maximum absolute atomic E-state index is 12.0. The Morgan fingerprint density at radius 1 is 1.28 bits per heavy atom. The Bertz CT molecular complexity index is 453. The van der Waals surface area contributed by atoms with E-state index in [-0.39, 0.29) is 11.0 Å². The van der Waals surface area contributed by atoms with Crippen LogP contribution < -0.4 is 11.4 Å². The molecule has 0 aliphatic rings. The first kappa shape index (κ1) is 15.4. The van der Waals surface area contributed by atoms with Gasteiger partial charge in [0.25, 0.3) is 5.56 Å². The van der Waals surface area contributed by atoms with Crippen molar-refractivity contribution in [1.29, 1.82) is 0 Å². The molecule has 0 fully saturated rings. The molecule has 1 rings (SSSR count). The number of hydrogen-bond donors (Lipinski definition) is 1. The Balaban J connectivity index is 2.85. The third-order valence-corrected chi connectivity index (χ3v) is 4.34. The van der Waals surface area contributed by atoms with Crippen molar-refractivity contribution < 1.29 is 0 Å². The van der Waals surface area contributed by atoms with Crippen LogP contribution in [0.15, 0.2) is 9.95 Å². The van der Waals surface area contributed by atoms with Gasteiger partial charge in [0.2, 0.25) is 5.16 Å². The van der Waals surface area contributed by atoms with E-state index in [1.165, 1.54) is 11.8 Å². The highest BCUT2D eigenvalue weighted by molar-refractivity contribution is 8.02. The molecular formula is C11H20N4OS2. The summed E-state index contributed by atoms with van der Waals surface area (Å²) in [7, 11) is 0. The van der Waals surface area contributed by atoms with Gasteiger partial charge in [-0.3, -0.25) is 4.79 Å². The normalized spacial score (nSPS) is 11.8. The summed E-state index contributed by atoms with van der Waals surface area (Å²) in [4.78, 5) is 12.0. The molecule has 0 amide bonds. The van der Waals surface area contributed by atoms with Crippen molar-refractivity contribution in [3.05, 3.63) is 16.0 Å². The molecule has 102 valence electrons. The van der Waals surface area contributed by atoms with Gasteiger partial charge in [0.1, 0.15) is 5.69 Å². The summed E-state index contributed by atoms with van der Waals surface area (Å²) in [6.07, 6.45) is 0. The molecule has 0 bridgehead atoms. The highest BCUT2D eigenvalue weighted by atomic mass is 32.2. The zero-order valence-corrected chi connectivity index (χ0v) is 12.9. The van der Waals surface area contributed by atoms with E-state index in [9.17, 15) is 4.79 Å². The van der Waals surface area contributed by atoms with Crippen LogP contribution in [0, 0.1) is 0 Å². The lowest BCUT2D eigenvalue weighted by Crippen LogP contribution is -2.38. The Kier molecular flexibility index (Phi) is 5.52. The van der Waals surface area contributed by atoms with Crippen LogP contribution in [0.25, 0.3) is 0 Å². The first-order valence-electron chi connectivity index (χ1n) is 5.83. The molecule has 0 aromatic carbocycles. The van der Waals surface area contributed by atoms with Crippen LogP contribution in [0.3, 0.4) is 0 Å². The van der Waals surface area contributed by atoms with Gasteiger partial charge in [0, 0.05) is 16.9 Å². The fourth-order valence-corrected chi connectivity index (χ4v) is 2.89. The third-order valence-electron chi connectivity index (χ3n) is 2.24. The molecule has 0 spiro atoms. The minimum absolute atomic E-state index is 0.261. The van der Waals surface area contributed by atoms with Crippen molar-refractivity contribution in [3.8, 4) is 0 Å². The molecule has 2 N–H and O–H groups in total. The van der Waals surface area contributed by atoms with Gasteiger partial charge < -0.3 is 5.84 Å². The van der Waals surface area contributed by atoms with Gasteiger partial charge in [-0.05, 0) is 5.75 Å². The van der Waals surface area contributed by atoms with Crippen LogP contribution >= 0.6 is 23.5 Å². The maximum atomic E-state index is 12.0. The number of nitrogen functional groups attached to an aromatic ring is 1. The van der Waals surface area contributed by atoms with E-state index in [2.05, 4.69) is 17.1 Å². The van der Waals surface area contributed by atoms with E-state index in [1.807, 2.05) is 32.5 Å². The van der Waals surface area contributed by atoms with Gasteiger partial charge in [0.15, 0.2) is 0 Å². The average Bonchev–Trinajstić information content (AvgIpc) is 2.28. The number of nitrogens with two attached hydrogens (primary N) is 1. The SMILES string of the molecule is CCSCCSc1nnc(C(C)(C)C)c(=O)n1N. The van der Waals surface area contributed by atoms with Crippen molar-refractivity contribution in [2.24, 2.45) is 0 Å². The molecule has 0 aliphatic carbocycles. The minimum Gasteiger partial charge on any atom is -0.334 e. The summed E-state index contributed by atoms with van der Waals surface area (Å²) < 4.78 is 1.11. The number of thioether (sulfide) groups is 2. The number of nitrogens with zero attached hydrogens (tertiary/aromatic N) is 3. The van der Waals surface area contributed by atoms with E-state index in [0.717, 1.165) is 21.9 Å². The molecule has 1 aromatic rings. The molecule has 0 unspecified atom stereocenters. The molecule has 0 atom stereocenters. The lowest BCUT2D eigenvalue weighted by molar-refractivity contribution is 0.520. The van der Waals surface area contributed by atoms with Gasteiger partial charge in [0.05, 0.1) is 0 Å². The second-order valence-electron chi connectivity index (χ2n) is 4.80. The van der Waals surface area contributed by atoms with Crippen LogP contribution in [0.4, 0.5) is 0 Å². The first-order chi connectivity index (χ1) is 8.38. The molecule has 0 aliphatic heterocycles. The van der Waals surface area contributed by atoms with Crippen molar-refractivity contribution >= 4 is 23.5 Å². The van der Waals surface area contributed by atoms with Crippen molar-refractivity contribution in [1.82, 2.24) is 14.9 Å². The van der Waals surface area contributed by atoms with Crippen LogP contribution in [0.2, 0.25) is 0 Å². The Morgan fingerprint density at radius 2 is 1.94 bits per heavy atom. The topological polar surface area (TPSA) is 73.8 Å². The van der Waals surface area contributed by atoms with Crippen molar-refractivity contribution in [2.75, 3.05) is 23.1 Å². The average molecular weight is 288 g/mol. The summed E-state index contributed by atoms with van der Waals surface area (Å²) in [6, 6.07) is 0. The summed E-state index contributed by atoms with van der Waals surface area (Å²) in [5.74, 6) is 8.74. The Labute approximate surface area is 116 Å². The molecule has 1 aromatic heterocycles. The quantitative estimate of drug-likeness (QED) is 0.503. The van der Waals surface area contributed by atoms with E-state index < -0.39 is 0 Å². The Hall–Kier alpha value is -0.690. The van der Waals surface area contributed by atoms with Crippen LogP contribution in [0.1, 0.15) is 33.4 Å². The number of hydrogen-bond acceptors (Lipinski definition) is 6. The molecule has 1 heterocycles. The molecule has 0 saturated heterocycles. The second kappa shape index (κ2) is 6.47. The maximum Gasteiger partial charge on any atom is 0.295 e. The summed E-state index contributed by atoms with van der Waals surface area (Å²) in [5, 5.41) is 8.54. The zero-order chi connectivity index (χ0) is 13.8. The predicted molar refractivity (Wildman–Crippen MR) is 78.9 cm³/mol. The van der Waals surface area contributed by atoms with Gasteiger partial charge in [-0.1, -0.05) is 39.5 Å². The molecule has 0 radical (unpaired) electrons. The smallest absolute Gasteiger partial charge is 0.295 e. The predicted octanol–water partition coefficient (Wildman–Crippen LogP) is 1.49. The number of rotatable bonds is 5. The largest absolute Gasteiger partial charge is 0.334 e. The Morgan fingerprint density at radius 3 is 2.50 bits per heavy atom. The van der Waals surface area contributed by atoms with Crippen LogP contribution in [-0.2, 0) is 5.41 Å². The molecular weight excluding hydrogens is 268 g/mol. The lowest BCUT2D eigenvalue weighted by Gasteiger charge is -2.17. The number of aromatic nitrogens is 3. The summed E-state index contributed by atoms with van der Waals surface area (Å²) >= 11 is 3.31. The van der Waals surface area contributed by atoms with Crippen molar-refractivity contribution in [3.63, 3.8) is 0 Å². The zero-order valence-electron chi connectivity index (χ0n) is 11.3.